The van der Waals surface area contributed by atoms with E-state index >= 15 is 0 Å². The van der Waals surface area contributed by atoms with E-state index in [1.54, 1.807) is 7.11 Å². The van der Waals surface area contributed by atoms with Crippen molar-refractivity contribution in [1.82, 2.24) is 4.90 Å². The molecule has 0 saturated carbocycles. The highest BCUT2D eigenvalue weighted by molar-refractivity contribution is 6.07. The van der Waals surface area contributed by atoms with E-state index in [1.165, 1.54) is 0 Å². The third kappa shape index (κ3) is 5.05. The van der Waals surface area contributed by atoms with Crippen molar-refractivity contribution >= 4 is 33.5 Å². The number of furan rings is 1. The maximum atomic E-state index is 12.9. The second kappa shape index (κ2) is 10.3. The maximum absolute atomic E-state index is 12.9. The molecular formula is C28H30N2O5. The lowest BCUT2D eigenvalue weighted by atomic mass is 10.1. The molecule has 1 N–H and O–H groups in total. The fraction of sp³-hybridized carbons (Fsp3) is 0.321. The summed E-state index contributed by atoms with van der Waals surface area (Å²) in [5, 5.41) is 4.99. The fourth-order valence-electron chi connectivity index (χ4n) is 4.60. The smallest absolute Gasteiger partial charge is 0.238 e. The lowest BCUT2D eigenvalue weighted by Gasteiger charge is -2.32. The van der Waals surface area contributed by atoms with Crippen LogP contribution in [0.4, 0.5) is 5.69 Å². The first-order valence-electron chi connectivity index (χ1n) is 12.0. The van der Waals surface area contributed by atoms with Gasteiger partial charge in [0.05, 0.1) is 25.9 Å². The lowest BCUT2D eigenvalue weighted by Crippen LogP contribution is -2.42. The topological polar surface area (TPSA) is 73.2 Å². The first-order valence-corrected chi connectivity index (χ1v) is 12.0. The second-order valence-electron chi connectivity index (χ2n) is 8.67. The van der Waals surface area contributed by atoms with Gasteiger partial charge in [0, 0.05) is 29.9 Å². The van der Waals surface area contributed by atoms with Gasteiger partial charge in [-0.2, -0.15) is 0 Å². The number of methoxy groups -OCH3 is 1. The van der Waals surface area contributed by atoms with Gasteiger partial charge in [0.25, 0.3) is 0 Å². The van der Waals surface area contributed by atoms with Gasteiger partial charge in [0.15, 0.2) is 11.5 Å². The van der Waals surface area contributed by atoms with Crippen molar-refractivity contribution in [1.29, 1.82) is 0 Å². The molecule has 2 heterocycles. The number of anilines is 1. The molecule has 0 atom stereocenters. The quantitative estimate of drug-likeness (QED) is 0.365. The Hall–Kier alpha value is -3.71. The summed E-state index contributed by atoms with van der Waals surface area (Å²) in [6, 6.07) is 19.4. The Morgan fingerprint density at radius 3 is 2.49 bits per heavy atom. The molecule has 0 unspecified atom stereocenters. The van der Waals surface area contributed by atoms with E-state index in [2.05, 4.69) is 10.2 Å². The summed E-state index contributed by atoms with van der Waals surface area (Å²) in [4.78, 5) is 15.0. The van der Waals surface area contributed by atoms with Gasteiger partial charge in [-0.3, -0.25) is 9.69 Å². The summed E-state index contributed by atoms with van der Waals surface area (Å²) in [7, 11) is 1.60. The summed E-state index contributed by atoms with van der Waals surface area (Å²) in [5.74, 6) is 2.07. The number of piperidine rings is 1. The standard InChI is InChI=1S/C28H30N2O5/c1-3-33-24-10-6-7-11-25(24)34-19-12-14-30(15-13-19)18-28(31)29-22-17-26-21(16-27(22)32-2)20-8-4-5-9-23(20)35-26/h4-11,16-17,19H,3,12-15,18H2,1-2H3,(H,29,31). The largest absolute Gasteiger partial charge is 0.495 e. The average Bonchev–Trinajstić information content (AvgIpc) is 3.23. The van der Waals surface area contributed by atoms with Crippen LogP contribution in [0.2, 0.25) is 0 Å². The van der Waals surface area contributed by atoms with Gasteiger partial charge in [-0.1, -0.05) is 30.3 Å². The number of benzene rings is 3. The number of amides is 1. The Labute approximate surface area is 204 Å². The van der Waals surface area contributed by atoms with Crippen LogP contribution in [0.5, 0.6) is 17.2 Å². The van der Waals surface area contributed by atoms with Gasteiger partial charge >= 0.3 is 0 Å². The van der Waals surface area contributed by atoms with E-state index < -0.39 is 0 Å². The molecular weight excluding hydrogens is 444 g/mol. The molecule has 3 aromatic carbocycles. The summed E-state index contributed by atoms with van der Waals surface area (Å²) in [6.07, 6.45) is 1.80. The third-order valence-electron chi connectivity index (χ3n) is 6.32. The van der Waals surface area contributed by atoms with Crippen molar-refractivity contribution in [3.05, 3.63) is 60.7 Å². The summed E-state index contributed by atoms with van der Waals surface area (Å²) in [6.45, 7) is 4.44. The van der Waals surface area contributed by atoms with Crippen molar-refractivity contribution in [3.8, 4) is 17.2 Å². The molecule has 7 heteroatoms. The molecule has 1 aromatic heterocycles. The summed E-state index contributed by atoms with van der Waals surface area (Å²) in [5.41, 5.74) is 2.13. The predicted octanol–water partition coefficient (Wildman–Crippen LogP) is 5.48. The second-order valence-corrected chi connectivity index (χ2v) is 8.67. The molecule has 1 fully saturated rings. The van der Waals surface area contributed by atoms with Crippen LogP contribution < -0.4 is 19.5 Å². The van der Waals surface area contributed by atoms with Crippen molar-refractivity contribution in [3.63, 3.8) is 0 Å². The SMILES string of the molecule is CCOc1ccccc1OC1CCN(CC(=O)Nc2cc3oc4ccccc4c3cc2OC)CC1. The van der Waals surface area contributed by atoms with Gasteiger partial charge < -0.3 is 23.9 Å². The van der Waals surface area contributed by atoms with Crippen LogP contribution in [0.15, 0.2) is 65.1 Å². The monoisotopic (exact) mass is 474 g/mol. The highest BCUT2D eigenvalue weighted by Crippen LogP contribution is 2.36. The number of fused-ring (bicyclic) bond motifs is 3. The molecule has 1 aliphatic rings. The molecule has 35 heavy (non-hydrogen) atoms. The van der Waals surface area contributed by atoms with Gasteiger partial charge in [-0.15, -0.1) is 0 Å². The minimum Gasteiger partial charge on any atom is -0.495 e. The van der Waals surface area contributed by atoms with Gasteiger partial charge in [0.2, 0.25) is 5.91 Å². The van der Waals surface area contributed by atoms with E-state index in [0.717, 1.165) is 53.8 Å². The Balaban J connectivity index is 1.19. The molecule has 0 bridgehead atoms. The zero-order chi connectivity index (χ0) is 24.2. The number of hydrogen-bond donors (Lipinski definition) is 1. The van der Waals surface area contributed by atoms with Crippen LogP contribution >= 0.6 is 0 Å². The molecule has 4 aromatic rings. The van der Waals surface area contributed by atoms with E-state index in [4.69, 9.17) is 18.6 Å². The predicted molar refractivity (Wildman–Crippen MR) is 137 cm³/mol. The lowest BCUT2D eigenvalue weighted by molar-refractivity contribution is -0.117. The molecule has 182 valence electrons. The normalized spacial score (nSPS) is 14.8. The van der Waals surface area contributed by atoms with Crippen molar-refractivity contribution in [2.45, 2.75) is 25.9 Å². The van der Waals surface area contributed by atoms with Crippen molar-refractivity contribution < 1.29 is 23.4 Å². The number of nitrogens with zero attached hydrogens (tertiary/aromatic N) is 1. The van der Waals surface area contributed by atoms with Crippen LogP contribution in [-0.4, -0.2) is 50.3 Å². The Morgan fingerprint density at radius 1 is 0.971 bits per heavy atom. The highest BCUT2D eigenvalue weighted by atomic mass is 16.5. The number of para-hydroxylation sites is 3. The summed E-state index contributed by atoms with van der Waals surface area (Å²) < 4.78 is 23.4. The molecule has 0 aliphatic carbocycles. The molecule has 0 radical (unpaired) electrons. The minimum absolute atomic E-state index is 0.0835. The number of carbonyl (C=O) groups excluding carboxylic acids is 1. The molecule has 1 aliphatic heterocycles. The van der Waals surface area contributed by atoms with E-state index in [0.29, 0.717) is 30.2 Å². The van der Waals surface area contributed by atoms with Gasteiger partial charge in [-0.25, -0.2) is 0 Å². The Bertz CT molecular complexity index is 1320. The van der Waals surface area contributed by atoms with Crippen LogP contribution in [0.25, 0.3) is 21.9 Å². The highest BCUT2D eigenvalue weighted by Gasteiger charge is 2.23. The first-order chi connectivity index (χ1) is 17.1. The van der Waals surface area contributed by atoms with E-state index in [1.807, 2.05) is 67.6 Å². The summed E-state index contributed by atoms with van der Waals surface area (Å²) >= 11 is 0. The molecule has 5 rings (SSSR count). The number of nitrogens with one attached hydrogen (secondary N) is 1. The number of likely N-dealkylation sites (tertiary alicyclic amines) is 1. The van der Waals surface area contributed by atoms with Crippen molar-refractivity contribution in [2.75, 3.05) is 38.7 Å². The average molecular weight is 475 g/mol. The maximum Gasteiger partial charge on any atom is 0.238 e. The minimum atomic E-state index is -0.0835. The third-order valence-corrected chi connectivity index (χ3v) is 6.32. The molecule has 0 spiro atoms. The molecule has 1 saturated heterocycles. The number of ether oxygens (including phenoxy) is 3. The van der Waals surface area contributed by atoms with Crippen LogP contribution in [0, 0.1) is 0 Å². The van der Waals surface area contributed by atoms with E-state index in [-0.39, 0.29) is 12.0 Å². The Kier molecular flexibility index (Phi) is 6.77. The van der Waals surface area contributed by atoms with Crippen LogP contribution in [-0.2, 0) is 4.79 Å². The zero-order valence-electron chi connectivity index (χ0n) is 20.1. The Morgan fingerprint density at radius 2 is 1.71 bits per heavy atom. The van der Waals surface area contributed by atoms with Crippen LogP contribution in [0.1, 0.15) is 19.8 Å². The zero-order valence-corrected chi connectivity index (χ0v) is 20.1. The number of rotatable bonds is 8. The molecule has 1 amide bonds. The number of hydrogen-bond acceptors (Lipinski definition) is 6. The van der Waals surface area contributed by atoms with Crippen LogP contribution in [0.3, 0.4) is 0 Å². The van der Waals surface area contributed by atoms with Crippen molar-refractivity contribution in [2.24, 2.45) is 0 Å². The fourth-order valence-corrected chi connectivity index (χ4v) is 4.60. The van der Waals surface area contributed by atoms with Gasteiger partial charge in [-0.05, 0) is 44.0 Å². The number of carbonyl (C=O) groups is 1. The first kappa shape index (κ1) is 23.1. The molecule has 7 nitrogen and oxygen atoms in total. The van der Waals surface area contributed by atoms with E-state index in [9.17, 15) is 4.79 Å². The van der Waals surface area contributed by atoms with Gasteiger partial charge in [0.1, 0.15) is 23.0 Å².